The first-order valence-electron chi connectivity index (χ1n) is 12.0. The lowest BCUT2D eigenvalue weighted by atomic mass is 9.94. The number of nitrogens with zero attached hydrogens (tertiary/aromatic N) is 1. The lowest BCUT2D eigenvalue weighted by Gasteiger charge is -2.34. The number of ether oxygens (including phenoxy) is 3. The second kappa shape index (κ2) is 13.3. The number of thiophene rings is 1. The van der Waals surface area contributed by atoms with E-state index >= 15 is 0 Å². The van der Waals surface area contributed by atoms with Crippen LogP contribution in [-0.4, -0.2) is 56.7 Å². The van der Waals surface area contributed by atoms with Crippen LogP contribution in [0.3, 0.4) is 0 Å². The van der Waals surface area contributed by atoms with Crippen LogP contribution < -0.4 is 14.8 Å². The number of rotatable bonds is 12. The van der Waals surface area contributed by atoms with Gasteiger partial charge in [0.25, 0.3) is 5.91 Å². The molecule has 8 heteroatoms. The molecule has 1 aliphatic rings. The van der Waals surface area contributed by atoms with Crippen molar-refractivity contribution in [2.75, 3.05) is 34.0 Å². The summed E-state index contributed by atoms with van der Waals surface area (Å²) in [6.07, 6.45) is 5.95. The van der Waals surface area contributed by atoms with Crippen molar-refractivity contribution in [2.45, 2.75) is 57.5 Å². The molecule has 1 aliphatic carbocycles. The zero-order valence-electron chi connectivity index (χ0n) is 20.4. The molecule has 3 rings (SSSR count). The number of hydrogen-bond donors (Lipinski definition) is 1. The maximum Gasteiger partial charge on any atom is 0.264 e. The van der Waals surface area contributed by atoms with Gasteiger partial charge in [-0.1, -0.05) is 25.3 Å². The van der Waals surface area contributed by atoms with Gasteiger partial charge in [0.2, 0.25) is 5.91 Å². The van der Waals surface area contributed by atoms with E-state index in [1.54, 1.807) is 37.3 Å². The van der Waals surface area contributed by atoms with E-state index in [0.717, 1.165) is 25.7 Å². The van der Waals surface area contributed by atoms with Crippen LogP contribution in [0, 0.1) is 0 Å². The van der Waals surface area contributed by atoms with Crippen LogP contribution in [0.15, 0.2) is 35.7 Å². The van der Waals surface area contributed by atoms with E-state index in [2.05, 4.69) is 5.32 Å². The molecule has 1 heterocycles. The predicted molar refractivity (Wildman–Crippen MR) is 134 cm³/mol. The summed E-state index contributed by atoms with van der Waals surface area (Å²) >= 11 is 1.37. The molecule has 0 spiro atoms. The molecule has 7 nitrogen and oxygen atoms in total. The van der Waals surface area contributed by atoms with Crippen LogP contribution in [0.4, 0.5) is 0 Å². The average molecular weight is 489 g/mol. The first-order valence-corrected chi connectivity index (χ1v) is 12.9. The van der Waals surface area contributed by atoms with Crippen molar-refractivity contribution in [1.29, 1.82) is 0 Å². The molecule has 2 aromatic rings. The van der Waals surface area contributed by atoms with Gasteiger partial charge < -0.3 is 24.4 Å². The normalized spacial score (nSPS) is 14.9. The first kappa shape index (κ1) is 26.0. The van der Waals surface area contributed by atoms with Crippen molar-refractivity contribution in [1.82, 2.24) is 10.2 Å². The predicted octanol–water partition coefficient (Wildman–Crippen LogP) is 4.82. The second-order valence-electron chi connectivity index (χ2n) is 8.38. The van der Waals surface area contributed by atoms with Gasteiger partial charge in [-0.15, -0.1) is 11.3 Å². The summed E-state index contributed by atoms with van der Waals surface area (Å²) in [5.41, 5.74) is 0.637. The summed E-state index contributed by atoms with van der Waals surface area (Å²) in [6, 6.07) is 8.30. The summed E-state index contributed by atoms with van der Waals surface area (Å²) in [6.45, 7) is 3.45. The molecule has 1 saturated carbocycles. The van der Waals surface area contributed by atoms with Crippen LogP contribution >= 0.6 is 11.3 Å². The van der Waals surface area contributed by atoms with Crippen LogP contribution in [-0.2, 0) is 9.53 Å². The minimum Gasteiger partial charge on any atom is -0.497 e. The smallest absolute Gasteiger partial charge is 0.264 e. The molecule has 2 amide bonds. The Morgan fingerprint density at radius 2 is 1.94 bits per heavy atom. The summed E-state index contributed by atoms with van der Waals surface area (Å²) in [4.78, 5) is 29.7. The molecule has 186 valence electrons. The standard InChI is InChI=1S/C26H36N2O5S/c1-4-33-16-9-15-28(26(30)23-12-8-17-34-23)24(25(29)27-19-10-6-5-7-11-19)21-14-13-20(31-2)18-22(21)32-3/h8,12-14,17-19,24H,4-7,9-11,15-16H2,1-3H3,(H,27,29). The summed E-state index contributed by atoms with van der Waals surface area (Å²) in [5.74, 6) is 0.779. The molecule has 34 heavy (non-hydrogen) atoms. The monoisotopic (exact) mass is 488 g/mol. The van der Waals surface area contributed by atoms with Crippen LogP contribution in [0.1, 0.15) is 66.7 Å². The Morgan fingerprint density at radius 1 is 1.15 bits per heavy atom. The Morgan fingerprint density at radius 3 is 2.59 bits per heavy atom. The summed E-state index contributed by atoms with van der Waals surface area (Å²) in [7, 11) is 3.15. The van der Waals surface area contributed by atoms with Gasteiger partial charge in [-0.25, -0.2) is 0 Å². The number of benzene rings is 1. The highest BCUT2D eigenvalue weighted by atomic mass is 32.1. The van der Waals surface area contributed by atoms with Crippen molar-refractivity contribution in [3.8, 4) is 11.5 Å². The molecular weight excluding hydrogens is 452 g/mol. The topological polar surface area (TPSA) is 77.1 Å². The average Bonchev–Trinajstić information content (AvgIpc) is 3.41. The van der Waals surface area contributed by atoms with E-state index in [9.17, 15) is 9.59 Å². The van der Waals surface area contributed by atoms with Crippen molar-refractivity contribution in [3.63, 3.8) is 0 Å². The van der Waals surface area contributed by atoms with Gasteiger partial charge in [0, 0.05) is 37.4 Å². The number of nitrogens with one attached hydrogen (secondary N) is 1. The number of amides is 2. The summed E-state index contributed by atoms with van der Waals surface area (Å²) < 4.78 is 16.5. The highest BCUT2D eigenvalue weighted by Gasteiger charge is 2.35. The number of carbonyl (C=O) groups is 2. The molecule has 1 unspecified atom stereocenters. The van der Waals surface area contributed by atoms with Crippen LogP contribution in [0.5, 0.6) is 11.5 Å². The fraction of sp³-hybridized carbons (Fsp3) is 0.538. The highest BCUT2D eigenvalue weighted by molar-refractivity contribution is 7.12. The summed E-state index contributed by atoms with van der Waals surface area (Å²) in [5, 5.41) is 5.10. The van der Waals surface area contributed by atoms with Crippen molar-refractivity contribution in [3.05, 3.63) is 46.2 Å². The minimum atomic E-state index is -0.834. The second-order valence-corrected chi connectivity index (χ2v) is 9.33. The molecule has 1 atom stereocenters. The van der Waals surface area contributed by atoms with Gasteiger partial charge in [-0.3, -0.25) is 9.59 Å². The van der Waals surface area contributed by atoms with Gasteiger partial charge in [0.1, 0.15) is 17.5 Å². The molecule has 1 fully saturated rings. The van der Waals surface area contributed by atoms with E-state index < -0.39 is 6.04 Å². The van der Waals surface area contributed by atoms with E-state index in [1.807, 2.05) is 24.4 Å². The van der Waals surface area contributed by atoms with Gasteiger partial charge in [0.05, 0.1) is 19.1 Å². The maximum atomic E-state index is 13.8. The number of carbonyl (C=O) groups excluding carboxylic acids is 2. The van der Waals surface area contributed by atoms with E-state index in [-0.39, 0.29) is 17.9 Å². The molecule has 0 aliphatic heterocycles. The van der Waals surface area contributed by atoms with E-state index in [4.69, 9.17) is 14.2 Å². The lowest BCUT2D eigenvalue weighted by molar-refractivity contribution is -0.127. The lowest BCUT2D eigenvalue weighted by Crippen LogP contribution is -2.47. The van der Waals surface area contributed by atoms with E-state index in [0.29, 0.717) is 48.1 Å². The molecule has 0 bridgehead atoms. The Bertz CT molecular complexity index is 912. The fourth-order valence-corrected chi connectivity index (χ4v) is 5.07. The Hall–Kier alpha value is -2.58. The first-order chi connectivity index (χ1) is 16.6. The van der Waals surface area contributed by atoms with E-state index in [1.165, 1.54) is 17.8 Å². The van der Waals surface area contributed by atoms with Gasteiger partial charge in [0.15, 0.2) is 0 Å². The van der Waals surface area contributed by atoms with Crippen molar-refractivity contribution >= 4 is 23.2 Å². The molecule has 1 aromatic carbocycles. The van der Waals surface area contributed by atoms with Gasteiger partial charge in [-0.2, -0.15) is 0 Å². The zero-order valence-corrected chi connectivity index (χ0v) is 21.2. The third-order valence-electron chi connectivity index (χ3n) is 6.13. The Labute approximate surface area is 206 Å². The van der Waals surface area contributed by atoms with Gasteiger partial charge >= 0.3 is 0 Å². The Balaban J connectivity index is 2.00. The highest BCUT2D eigenvalue weighted by Crippen LogP contribution is 2.35. The SMILES string of the molecule is CCOCCCN(C(=O)c1cccs1)C(C(=O)NC1CCCCC1)c1ccc(OC)cc1OC. The maximum absolute atomic E-state index is 13.8. The number of hydrogen-bond acceptors (Lipinski definition) is 6. The van der Waals surface area contributed by atoms with Crippen LogP contribution in [0.25, 0.3) is 0 Å². The van der Waals surface area contributed by atoms with Crippen molar-refractivity contribution in [2.24, 2.45) is 0 Å². The largest absolute Gasteiger partial charge is 0.497 e. The molecule has 1 aromatic heterocycles. The number of methoxy groups -OCH3 is 2. The fourth-order valence-electron chi connectivity index (χ4n) is 4.39. The third-order valence-corrected chi connectivity index (χ3v) is 6.99. The third kappa shape index (κ3) is 6.73. The molecule has 1 N–H and O–H groups in total. The van der Waals surface area contributed by atoms with Crippen LogP contribution in [0.2, 0.25) is 0 Å². The molecule has 0 saturated heterocycles. The quantitative estimate of drug-likeness (QED) is 0.433. The Kier molecular flexibility index (Phi) is 10.2. The van der Waals surface area contributed by atoms with Gasteiger partial charge in [-0.05, 0) is 49.8 Å². The zero-order chi connectivity index (χ0) is 24.3. The molecular formula is C26H36N2O5S. The van der Waals surface area contributed by atoms with Crippen molar-refractivity contribution < 1.29 is 23.8 Å². The molecule has 0 radical (unpaired) electrons. The minimum absolute atomic E-state index is 0.120.